The minimum Gasteiger partial charge on any atom is -0.484 e. The quantitative estimate of drug-likeness (QED) is 0.672. The van der Waals surface area contributed by atoms with Gasteiger partial charge < -0.3 is 10.5 Å². The molecule has 92 valence electrons. The summed E-state index contributed by atoms with van der Waals surface area (Å²) in [6.07, 6.45) is 0. The van der Waals surface area contributed by atoms with E-state index in [2.05, 4.69) is 4.84 Å². The summed E-state index contributed by atoms with van der Waals surface area (Å²) in [7, 11) is 0. The summed E-state index contributed by atoms with van der Waals surface area (Å²) < 4.78 is 17.7. The van der Waals surface area contributed by atoms with Gasteiger partial charge in [-0.25, -0.2) is 9.87 Å². The lowest BCUT2D eigenvalue weighted by Gasteiger charge is -2.06. The molecule has 7 heteroatoms. The second-order valence-electron chi connectivity index (χ2n) is 3.03. The first-order valence-electron chi connectivity index (χ1n) is 4.65. The molecule has 1 aromatic rings. The first-order valence-corrected chi connectivity index (χ1v) is 4.65. The maximum Gasteiger partial charge on any atom is 0.281 e. The molecule has 0 bridgehead atoms. The van der Waals surface area contributed by atoms with Crippen LogP contribution < -0.4 is 16.0 Å². The van der Waals surface area contributed by atoms with E-state index in [9.17, 15) is 14.0 Å². The van der Waals surface area contributed by atoms with Crippen LogP contribution in [-0.2, 0) is 14.4 Å². The number of amides is 2. The predicted molar refractivity (Wildman–Crippen MR) is 55.2 cm³/mol. The van der Waals surface area contributed by atoms with Crippen molar-refractivity contribution in [1.29, 1.82) is 0 Å². The Balaban J connectivity index is 2.26. The van der Waals surface area contributed by atoms with Crippen molar-refractivity contribution in [3.63, 3.8) is 0 Å². The molecule has 3 N–H and O–H groups in total. The van der Waals surface area contributed by atoms with E-state index in [1.54, 1.807) is 0 Å². The van der Waals surface area contributed by atoms with Gasteiger partial charge in [0.1, 0.15) is 11.6 Å². The average Bonchev–Trinajstić information content (AvgIpc) is 2.26. The fraction of sp³-hybridized carbons (Fsp3) is 0.200. The highest BCUT2D eigenvalue weighted by Crippen LogP contribution is 2.11. The fourth-order valence-corrected chi connectivity index (χ4v) is 0.923. The molecule has 0 aliphatic heterocycles. The van der Waals surface area contributed by atoms with Crippen LogP contribution in [0.1, 0.15) is 0 Å². The Morgan fingerprint density at radius 2 is 2.12 bits per heavy atom. The summed E-state index contributed by atoms with van der Waals surface area (Å²) in [6, 6.07) is 5.34. The highest BCUT2D eigenvalue weighted by molar-refractivity contribution is 5.77. The van der Waals surface area contributed by atoms with Gasteiger partial charge in [-0.2, -0.15) is 0 Å². The zero-order valence-corrected chi connectivity index (χ0v) is 8.81. The Labute approximate surface area is 96.5 Å². The molecule has 2 amide bonds. The Morgan fingerprint density at radius 3 is 2.76 bits per heavy atom. The fourth-order valence-electron chi connectivity index (χ4n) is 0.923. The zero-order valence-electron chi connectivity index (χ0n) is 8.81. The molecule has 0 aliphatic rings. The van der Waals surface area contributed by atoms with Crippen molar-refractivity contribution in [3.8, 4) is 5.75 Å². The molecular weight excluding hydrogens is 231 g/mol. The molecule has 1 rings (SSSR count). The zero-order chi connectivity index (χ0) is 12.7. The Kier molecular flexibility index (Phi) is 4.89. The highest BCUT2D eigenvalue weighted by Gasteiger charge is 2.04. The van der Waals surface area contributed by atoms with E-state index in [0.717, 1.165) is 6.07 Å². The monoisotopic (exact) mass is 242 g/mol. The SMILES string of the molecule is NC(=O)CONC(=O)COc1cccc(F)c1. The van der Waals surface area contributed by atoms with Crippen LogP contribution in [0.3, 0.4) is 0 Å². The van der Waals surface area contributed by atoms with E-state index in [-0.39, 0.29) is 12.4 Å². The molecule has 1 aromatic carbocycles. The van der Waals surface area contributed by atoms with Gasteiger partial charge >= 0.3 is 0 Å². The van der Waals surface area contributed by atoms with Crippen LogP contribution in [0.15, 0.2) is 24.3 Å². The van der Waals surface area contributed by atoms with Crippen LogP contribution in [0.4, 0.5) is 4.39 Å². The minimum atomic E-state index is -0.712. The van der Waals surface area contributed by atoms with Crippen LogP contribution in [0.25, 0.3) is 0 Å². The van der Waals surface area contributed by atoms with E-state index in [1.165, 1.54) is 18.2 Å². The van der Waals surface area contributed by atoms with Crippen molar-refractivity contribution in [3.05, 3.63) is 30.1 Å². The van der Waals surface area contributed by atoms with Crippen LogP contribution in [0.5, 0.6) is 5.75 Å². The number of hydrogen-bond donors (Lipinski definition) is 2. The number of nitrogens with two attached hydrogens (primary N) is 1. The lowest BCUT2D eigenvalue weighted by molar-refractivity contribution is -0.139. The van der Waals surface area contributed by atoms with Crippen molar-refractivity contribution in [2.24, 2.45) is 5.73 Å². The van der Waals surface area contributed by atoms with Crippen molar-refractivity contribution in [2.45, 2.75) is 0 Å². The molecular formula is C10H11FN2O4. The van der Waals surface area contributed by atoms with Crippen LogP contribution in [0.2, 0.25) is 0 Å². The number of halogens is 1. The second kappa shape index (κ2) is 6.44. The smallest absolute Gasteiger partial charge is 0.281 e. The third-order valence-electron chi connectivity index (χ3n) is 1.57. The van der Waals surface area contributed by atoms with E-state index >= 15 is 0 Å². The van der Waals surface area contributed by atoms with Gasteiger partial charge in [-0.05, 0) is 12.1 Å². The van der Waals surface area contributed by atoms with E-state index in [1.807, 2.05) is 5.48 Å². The number of carbonyl (C=O) groups is 2. The lowest BCUT2D eigenvalue weighted by Crippen LogP contribution is -2.32. The van der Waals surface area contributed by atoms with Gasteiger partial charge in [-0.15, -0.1) is 0 Å². The summed E-state index contributed by atoms with van der Waals surface area (Å²) in [5.74, 6) is -1.57. The lowest BCUT2D eigenvalue weighted by atomic mass is 10.3. The minimum absolute atomic E-state index is 0.218. The molecule has 0 heterocycles. The summed E-state index contributed by atoms with van der Waals surface area (Å²) in [5.41, 5.74) is 6.71. The first-order chi connectivity index (χ1) is 8.08. The number of hydroxylamine groups is 1. The molecule has 0 spiro atoms. The summed E-state index contributed by atoms with van der Waals surface area (Å²) >= 11 is 0. The van der Waals surface area contributed by atoms with E-state index in [4.69, 9.17) is 10.5 Å². The number of ether oxygens (including phenoxy) is 1. The van der Waals surface area contributed by atoms with Crippen molar-refractivity contribution in [2.75, 3.05) is 13.2 Å². The van der Waals surface area contributed by atoms with Gasteiger partial charge in [-0.3, -0.25) is 14.4 Å². The van der Waals surface area contributed by atoms with E-state index in [0.29, 0.717) is 0 Å². The van der Waals surface area contributed by atoms with Crippen LogP contribution >= 0.6 is 0 Å². The molecule has 6 nitrogen and oxygen atoms in total. The molecule has 0 aliphatic carbocycles. The number of hydrogen-bond acceptors (Lipinski definition) is 4. The third kappa shape index (κ3) is 5.47. The van der Waals surface area contributed by atoms with E-state index < -0.39 is 24.2 Å². The van der Waals surface area contributed by atoms with Gasteiger partial charge in [-0.1, -0.05) is 6.07 Å². The maximum atomic E-state index is 12.7. The molecule has 0 unspecified atom stereocenters. The van der Waals surface area contributed by atoms with Gasteiger partial charge in [0.2, 0.25) is 5.91 Å². The normalized spacial score (nSPS) is 9.71. The van der Waals surface area contributed by atoms with Crippen molar-refractivity contribution in [1.82, 2.24) is 5.48 Å². The Morgan fingerprint density at radius 1 is 1.35 bits per heavy atom. The number of primary amides is 1. The summed E-state index contributed by atoms with van der Waals surface area (Å²) in [6.45, 7) is -0.784. The molecule has 17 heavy (non-hydrogen) atoms. The van der Waals surface area contributed by atoms with Crippen molar-refractivity contribution < 1.29 is 23.6 Å². The molecule has 0 saturated carbocycles. The van der Waals surface area contributed by atoms with Crippen molar-refractivity contribution >= 4 is 11.8 Å². The average molecular weight is 242 g/mol. The molecule has 0 fully saturated rings. The topological polar surface area (TPSA) is 90.7 Å². The maximum absolute atomic E-state index is 12.7. The molecule has 0 aromatic heterocycles. The van der Waals surface area contributed by atoms with Gasteiger partial charge in [0.05, 0.1) is 0 Å². The number of nitrogens with one attached hydrogen (secondary N) is 1. The number of rotatable bonds is 6. The summed E-state index contributed by atoms with van der Waals surface area (Å²) in [5, 5.41) is 0. The largest absolute Gasteiger partial charge is 0.484 e. The number of carbonyl (C=O) groups excluding carboxylic acids is 2. The van der Waals surface area contributed by atoms with Gasteiger partial charge in [0, 0.05) is 6.07 Å². The van der Waals surface area contributed by atoms with Crippen LogP contribution in [-0.4, -0.2) is 25.0 Å². The van der Waals surface area contributed by atoms with Gasteiger partial charge in [0.25, 0.3) is 5.91 Å². The molecule has 0 saturated heterocycles. The van der Waals surface area contributed by atoms with Gasteiger partial charge in [0.15, 0.2) is 13.2 Å². The summed E-state index contributed by atoms with van der Waals surface area (Å²) in [4.78, 5) is 25.8. The van der Waals surface area contributed by atoms with Crippen LogP contribution in [0, 0.1) is 5.82 Å². The highest BCUT2D eigenvalue weighted by atomic mass is 19.1. The second-order valence-corrected chi connectivity index (χ2v) is 3.03. The first kappa shape index (κ1) is 12.9. The predicted octanol–water partition coefficient (Wildman–Crippen LogP) is -0.262. The number of benzene rings is 1. The standard InChI is InChI=1S/C10H11FN2O4/c11-7-2-1-3-8(4-7)16-6-10(15)13-17-5-9(12)14/h1-4H,5-6H2,(H2,12,14)(H,13,15). The molecule has 0 atom stereocenters. The Hall–Kier alpha value is -2.15. The molecule has 0 radical (unpaired) electrons. The third-order valence-corrected chi connectivity index (χ3v) is 1.57. The Bertz CT molecular complexity index is 411.